The Hall–Kier alpha value is -2.90. The maximum absolute atomic E-state index is 14.7. The van der Waals surface area contributed by atoms with E-state index in [4.69, 9.17) is 0 Å². The van der Waals surface area contributed by atoms with E-state index in [-0.39, 0.29) is 0 Å². The van der Waals surface area contributed by atoms with Crippen molar-refractivity contribution >= 4 is 11.9 Å². The SMILES string of the molecule is O=C(O)C(C(=O)O)C1c2ccccc2C(F)(F)C(F)(F)c2ccccc21. The van der Waals surface area contributed by atoms with Crippen LogP contribution in [0.5, 0.6) is 0 Å². The molecule has 136 valence electrons. The second kappa shape index (κ2) is 5.82. The lowest BCUT2D eigenvalue weighted by atomic mass is 9.78. The van der Waals surface area contributed by atoms with Gasteiger partial charge in [-0.25, -0.2) is 0 Å². The summed E-state index contributed by atoms with van der Waals surface area (Å²) in [6, 6.07) is 8.43. The number of benzene rings is 2. The fourth-order valence-corrected chi connectivity index (χ4v) is 3.36. The zero-order valence-electron chi connectivity index (χ0n) is 13.0. The largest absolute Gasteiger partial charge is 0.481 e. The van der Waals surface area contributed by atoms with Crippen LogP contribution < -0.4 is 0 Å². The molecule has 0 radical (unpaired) electrons. The van der Waals surface area contributed by atoms with E-state index in [1.165, 1.54) is 12.1 Å². The number of aliphatic carboxylic acids is 2. The molecule has 0 unspecified atom stereocenters. The van der Waals surface area contributed by atoms with Gasteiger partial charge in [-0.1, -0.05) is 48.5 Å². The minimum absolute atomic E-state index is 0.447. The van der Waals surface area contributed by atoms with Crippen molar-refractivity contribution in [3.05, 3.63) is 70.8 Å². The second-order valence-electron chi connectivity index (χ2n) is 5.96. The van der Waals surface area contributed by atoms with Crippen LogP contribution in [-0.4, -0.2) is 22.2 Å². The standard InChI is InChI=1S/C18H12F4O4/c19-17(20)11-7-3-1-5-9(11)13(14(15(23)24)16(25)26)10-6-2-4-8-12(10)18(17,21)22/h1-8,13-14H,(H,23,24)(H,25,26). The Balaban J connectivity index is 2.46. The van der Waals surface area contributed by atoms with Gasteiger partial charge in [0.2, 0.25) is 0 Å². The first-order chi connectivity index (χ1) is 12.1. The molecule has 0 aromatic heterocycles. The van der Waals surface area contributed by atoms with E-state index in [9.17, 15) is 37.4 Å². The van der Waals surface area contributed by atoms with Gasteiger partial charge in [-0.15, -0.1) is 0 Å². The molecule has 2 N–H and O–H groups in total. The Morgan fingerprint density at radius 3 is 1.46 bits per heavy atom. The van der Waals surface area contributed by atoms with Gasteiger partial charge in [-0.2, -0.15) is 17.6 Å². The Labute approximate surface area is 144 Å². The van der Waals surface area contributed by atoms with E-state index in [0.29, 0.717) is 0 Å². The summed E-state index contributed by atoms with van der Waals surface area (Å²) in [7, 11) is 0. The molecule has 1 aliphatic carbocycles. The highest BCUT2D eigenvalue weighted by Gasteiger charge is 2.63. The van der Waals surface area contributed by atoms with Crippen molar-refractivity contribution < 1.29 is 37.4 Å². The van der Waals surface area contributed by atoms with Gasteiger partial charge in [0.15, 0.2) is 5.92 Å². The van der Waals surface area contributed by atoms with Gasteiger partial charge in [-0.05, 0) is 11.1 Å². The molecule has 0 heterocycles. The summed E-state index contributed by atoms with van der Waals surface area (Å²) in [5.74, 6) is -16.8. The minimum atomic E-state index is -4.64. The molecule has 0 bridgehead atoms. The molecule has 2 aromatic rings. The lowest BCUT2D eigenvalue weighted by Gasteiger charge is -2.26. The number of carbonyl (C=O) groups is 2. The summed E-state index contributed by atoms with van der Waals surface area (Å²) < 4.78 is 58.8. The number of halogens is 4. The number of hydrogen-bond donors (Lipinski definition) is 2. The lowest BCUT2D eigenvalue weighted by molar-refractivity contribution is -0.223. The van der Waals surface area contributed by atoms with E-state index < -0.39 is 57.9 Å². The maximum Gasteiger partial charge on any atom is 0.340 e. The number of rotatable bonds is 3. The van der Waals surface area contributed by atoms with Crippen molar-refractivity contribution in [3.63, 3.8) is 0 Å². The van der Waals surface area contributed by atoms with Gasteiger partial charge in [0.25, 0.3) is 0 Å². The zero-order chi connectivity index (χ0) is 19.3. The predicted octanol–water partition coefficient (Wildman–Crippen LogP) is 3.80. The Kier molecular flexibility index (Phi) is 4.01. The van der Waals surface area contributed by atoms with E-state index in [1.807, 2.05) is 0 Å². The number of alkyl halides is 4. The molecule has 0 fully saturated rings. The summed E-state index contributed by atoms with van der Waals surface area (Å²) in [4.78, 5) is 23.1. The molecule has 8 heteroatoms. The molecule has 4 nitrogen and oxygen atoms in total. The monoisotopic (exact) mass is 368 g/mol. The molecular formula is C18H12F4O4. The number of carboxylic acid groups (broad SMARTS) is 2. The highest BCUT2D eigenvalue weighted by Crippen LogP contribution is 2.57. The summed E-state index contributed by atoms with van der Waals surface area (Å²) in [5, 5.41) is 18.7. The average molecular weight is 368 g/mol. The topological polar surface area (TPSA) is 74.6 Å². The molecule has 0 aliphatic heterocycles. The lowest BCUT2D eigenvalue weighted by Crippen LogP contribution is -2.35. The Morgan fingerprint density at radius 2 is 1.12 bits per heavy atom. The molecule has 0 saturated heterocycles. The molecule has 2 aromatic carbocycles. The van der Waals surface area contributed by atoms with Crippen LogP contribution >= 0.6 is 0 Å². The van der Waals surface area contributed by atoms with Crippen LogP contribution in [0.4, 0.5) is 17.6 Å². The third kappa shape index (κ3) is 2.36. The summed E-state index contributed by atoms with van der Waals surface area (Å²) in [6.45, 7) is 0. The van der Waals surface area contributed by atoms with Crippen molar-refractivity contribution in [2.45, 2.75) is 17.8 Å². The molecule has 0 atom stereocenters. The van der Waals surface area contributed by atoms with Crippen LogP contribution in [0.2, 0.25) is 0 Å². The van der Waals surface area contributed by atoms with Crippen molar-refractivity contribution in [2.24, 2.45) is 5.92 Å². The number of fused-ring (bicyclic) bond motifs is 2. The van der Waals surface area contributed by atoms with E-state index in [2.05, 4.69) is 0 Å². The highest BCUT2D eigenvalue weighted by atomic mass is 19.3. The minimum Gasteiger partial charge on any atom is -0.481 e. The molecule has 0 amide bonds. The van der Waals surface area contributed by atoms with E-state index >= 15 is 0 Å². The van der Waals surface area contributed by atoms with Gasteiger partial charge in [0.05, 0.1) is 0 Å². The quantitative estimate of drug-likeness (QED) is 0.638. The first-order valence-electron chi connectivity index (χ1n) is 7.50. The first-order valence-corrected chi connectivity index (χ1v) is 7.50. The summed E-state index contributed by atoms with van der Waals surface area (Å²) in [5.41, 5.74) is -3.06. The third-order valence-corrected chi connectivity index (χ3v) is 4.53. The van der Waals surface area contributed by atoms with Crippen molar-refractivity contribution in [3.8, 4) is 0 Å². The number of hydrogen-bond acceptors (Lipinski definition) is 2. The molecule has 1 aliphatic rings. The fourth-order valence-electron chi connectivity index (χ4n) is 3.36. The number of carboxylic acids is 2. The molecule has 3 rings (SSSR count). The molecule has 0 spiro atoms. The van der Waals surface area contributed by atoms with Gasteiger partial charge < -0.3 is 10.2 Å². The van der Waals surface area contributed by atoms with Crippen LogP contribution in [0.3, 0.4) is 0 Å². The van der Waals surface area contributed by atoms with Crippen molar-refractivity contribution in [2.75, 3.05) is 0 Å². The maximum atomic E-state index is 14.7. The van der Waals surface area contributed by atoms with Crippen LogP contribution in [0.15, 0.2) is 48.5 Å². The zero-order valence-corrected chi connectivity index (χ0v) is 13.0. The smallest absolute Gasteiger partial charge is 0.340 e. The Bertz CT molecular complexity index is 823. The molecule has 26 heavy (non-hydrogen) atoms. The first kappa shape index (κ1) is 17.9. The molecular weight excluding hydrogens is 356 g/mol. The third-order valence-electron chi connectivity index (χ3n) is 4.53. The second-order valence-corrected chi connectivity index (χ2v) is 5.96. The summed E-state index contributed by atoms with van der Waals surface area (Å²) >= 11 is 0. The van der Waals surface area contributed by atoms with Crippen molar-refractivity contribution in [1.82, 2.24) is 0 Å². The fraction of sp³-hybridized carbons (Fsp3) is 0.222. The van der Waals surface area contributed by atoms with Gasteiger partial charge in [0.1, 0.15) is 0 Å². The summed E-state index contributed by atoms with van der Waals surface area (Å²) in [6.07, 6.45) is 0. The Morgan fingerprint density at radius 1 is 0.769 bits per heavy atom. The predicted molar refractivity (Wildman–Crippen MR) is 81.3 cm³/mol. The van der Waals surface area contributed by atoms with Gasteiger partial charge in [0, 0.05) is 17.0 Å². The van der Waals surface area contributed by atoms with Crippen molar-refractivity contribution in [1.29, 1.82) is 0 Å². The van der Waals surface area contributed by atoms with Gasteiger partial charge in [-0.3, -0.25) is 9.59 Å². The van der Waals surface area contributed by atoms with Crippen LogP contribution in [-0.2, 0) is 21.4 Å². The van der Waals surface area contributed by atoms with E-state index in [1.54, 1.807) is 0 Å². The van der Waals surface area contributed by atoms with Gasteiger partial charge >= 0.3 is 23.8 Å². The normalized spacial score (nSPS) is 17.9. The van der Waals surface area contributed by atoms with Crippen LogP contribution in [0, 0.1) is 5.92 Å². The van der Waals surface area contributed by atoms with Crippen LogP contribution in [0.1, 0.15) is 28.2 Å². The van der Waals surface area contributed by atoms with Crippen LogP contribution in [0.25, 0.3) is 0 Å². The van der Waals surface area contributed by atoms with E-state index in [0.717, 1.165) is 36.4 Å². The molecule has 0 saturated carbocycles. The average Bonchev–Trinajstić information content (AvgIpc) is 2.63. The highest BCUT2D eigenvalue weighted by molar-refractivity contribution is 5.95.